The molecule has 4 atom stereocenters. The highest BCUT2D eigenvalue weighted by molar-refractivity contribution is 9.10. The Morgan fingerprint density at radius 1 is 1.32 bits per heavy atom. The Morgan fingerprint density at radius 3 is 2.63 bits per heavy atom. The van der Waals surface area contributed by atoms with Crippen molar-refractivity contribution in [2.24, 2.45) is 17.8 Å². The summed E-state index contributed by atoms with van der Waals surface area (Å²) in [6.07, 6.45) is 4.12. The standard InChI is InChI=1S/C16H26BrNS/c1-10(2)14-6-5-11(3)7-15(14)18-12(4)16-8-13(17)9-19-16/h8-12,14-15,18H,5-7H2,1-4H3. The fourth-order valence-corrected chi connectivity index (χ4v) is 4.81. The number of halogens is 1. The van der Waals surface area contributed by atoms with E-state index < -0.39 is 0 Å². The lowest BCUT2D eigenvalue weighted by Crippen LogP contribution is -2.43. The zero-order valence-electron chi connectivity index (χ0n) is 12.4. The van der Waals surface area contributed by atoms with Crippen molar-refractivity contribution in [1.29, 1.82) is 0 Å². The van der Waals surface area contributed by atoms with E-state index >= 15 is 0 Å². The van der Waals surface area contributed by atoms with E-state index in [1.54, 1.807) is 0 Å². The Kier molecular flexibility index (Phi) is 5.50. The van der Waals surface area contributed by atoms with E-state index in [2.05, 4.69) is 60.4 Å². The van der Waals surface area contributed by atoms with Gasteiger partial charge in [0.15, 0.2) is 0 Å². The maximum Gasteiger partial charge on any atom is 0.0388 e. The van der Waals surface area contributed by atoms with Crippen LogP contribution >= 0.6 is 27.3 Å². The maximum atomic E-state index is 3.90. The summed E-state index contributed by atoms with van der Waals surface area (Å²) in [7, 11) is 0. The molecule has 108 valence electrons. The van der Waals surface area contributed by atoms with E-state index in [1.807, 2.05) is 11.3 Å². The summed E-state index contributed by atoms with van der Waals surface area (Å²) >= 11 is 5.40. The Morgan fingerprint density at radius 2 is 2.05 bits per heavy atom. The first-order valence-electron chi connectivity index (χ1n) is 7.47. The molecular weight excluding hydrogens is 318 g/mol. The molecule has 1 nitrogen and oxygen atoms in total. The predicted octanol–water partition coefficient (Wildman–Crippen LogP) is 5.62. The van der Waals surface area contributed by atoms with Crippen LogP contribution in [-0.2, 0) is 0 Å². The molecule has 3 heteroatoms. The van der Waals surface area contributed by atoms with Crippen LogP contribution < -0.4 is 5.32 Å². The van der Waals surface area contributed by atoms with Crippen LogP contribution in [0.25, 0.3) is 0 Å². The van der Waals surface area contributed by atoms with Crippen LogP contribution in [0.1, 0.15) is 57.9 Å². The van der Waals surface area contributed by atoms with Gasteiger partial charge in [-0.3, -0.25) is 0 Å². The molecule has 4 unspecified atom stereocenters. The van der Waals surface area contributed by atoms with Crippen molar-refractivity contribution in [2.75, 3.05) is 0 Å². The molecule has 0 aromatic carbocycles. The molecule has 1 aliphatic carbocycles. The molecule has 19 heavy (non-hydrogen) atoms. The fourth-order valence-electron chi connectivity index (χ4n) is 3.35. The van der Waals surface area contributed by atoms with E-state index in [-0.39, 0.29) is 0 Å². The van der Waals surface area contributed by atoms with Crippen molar-refractivity contribution in [1.82, 2.24) is 5.32 Å². The summed E-state index contributed by atoms with van der Waals surface area (Å²) in [4.78, 5) is 1.44. The molecule has 0 aliphatic heterocycles. The molecule has 0 amide bonds. The first-order chi connectivity index (χ1) is 8.97. The molecule has 1 aromatic heterocycles. The molecule has 1 aromatic rings. The van der Waals surface area contributed by atoms with Crippen molar-refractivity contribution >= 4 is 27.3 Å². The molecule has 1 heterocycles. The monoisotopic (exact) mass is 343 g/mol. The predicted molar refractivity (Wildman–Crippen MR) is 88.7 cm³/mol. The van der Waals surface area contributed by atoms with Gasteiger partial charge in [-0.2, -0.15) is 0 Å². The van der Waals surface area contributed by atoms with E-state index in [0.717, 1.165) is 17.8 Å². The average molecular weight is 344 g/mol. The largest absolute Gasteiger partial charge is 0.306 e. The Bertz CT molecular complexity index is 401. The lowest BCUT2D eigenvalue weighted by atomic mass is 9.74. The molecule has 0 spiro atoms. The van der Waals surface area contributed by atoms with E-state index in [1.165, 1.54) is 28.6 Å². The summed E-state index contributed by atoms with van der Waals surface area (Å²) in [6.45, 7) is 9.45. The summed E-state index contributed by atoms with van der Waals surface area (Å²) in [5, 5.41) is 6.08. The van der Waals surface area contributed by atoms with Gasteiger partial charge in [0.2, 0.25) is 0 Å². The number of thiophene rings is 1. The first kappa shape index (κ1) is 15.5. The molecule has 2 rings (SSSR count). The van der Waals surface area contributed by atoms with Gasteiger partial charge in [0.25, 0.3) is 0 Å². The summed E-state index contributed by atoms with van der Waals surface area (Å²) in [5.41, 5.74) is 0. The second-order valence-electron chi connectivity index (χ2n) is 6.49. The summed E-state index contributed by atoms with van der Waals surface area (Å²) < 4.78 is 1.21. The summed E-state index contributed by atoms with van der Waals surface area (Å²) in [6, 6.07) is 3.39. The van der Waals surface area contributed by atoms with Crippen LogP contribution in [0.15, 0.2) is 15.9 Å². The average Bonchev–Trinajstić information content (AvgIpc) is 2.75. The van der Waals surface area contributed by atoms with Crippen LogP contribution in [0.3, 0.4) is 0 Å². The zero-order chi connectivity index (χ0) is 14.0. The van der Waals surface area contributed by atoms with Crippen LogP contribution in [0.5, 0.6) is 0 Å². The van der Waals surface area contributed by atoms with E-state index in [0.29, 0.717) is 12.1 Å². The van der Waals surface area contributed by atoms with Gasteiger partial charge < -0.3 is 5.32 Å². The third-order valence-electron chi connectivity index (χ3n) is 4.50. The molecule has 0 radical (unpaired) electrons. The highest BCUT2D eigenvalue weighted by Gasteiger charge is 2.31. The minimum atomic E-state index is 0.466. The van der Waals surface area contributed by atoms with Gasteiger partial charge in [-0.25, -0.2) is 0 Å². The van der Waals surface area contributed by atoms with Crippen LogP contribution in [0.4, 0.5) is 0 Å². The van der Waals surface area contributed by atoms with Gasteiger partial charge in [0, 0.05) is 26.8 Å². The normalized spacial score (nSPS) is 29.7. The second-order valence-corrected chi connectivity index (χ2v) is 8.35. The van der Waals surface area contributed by atoms with Crippen molar-refractivity contribution < 1.29 is 0 Å². The topological polar surface area (TPSA) is 12.0 Å². The quantitative estimate of drug-likeness (QED) is 0.747. The van der Waals surface area contributed by atoms with Crippen LogP contribution in [-0.4, -0.2) is 6.04 Å². The van der Waals surface area contributed by atoms with Crippen molar-refractivity contribution in [3.8, 4) is 0 Å². The van der Waals surface area contributed by atoms with Crippen LogP contribution in [0, 0.1) is 17.8 Å². The Balaban J connectivity index is 2.02. The maximum absolute atomic E-state index is 3.90. The second kappa shape index (κ2) is 6.73. The highest BCUT2D eigenvalue weighted by atomic mass is 79.9. The minimum absolute atomic E-state index is 0.466. The molecule has 1 saturated carbocycles. The molecular formula is C16H26BrNS. The fraction of sp³-hybridized carbons (Fsp3) is 0.750. The molecule has 1 fully saturated rings. The lowest BCUT2D eigenvalue weighted by Gasteiger charge is -2.39. The number of hydrogen-bond acceptors (Lipinski definition) is 2. The number of nitrogens with one attached hydrogen (secondary N) is 1. The van der Waals surface area contributed by atoms with Gasteiger partial charge in [0.1, 0.15) is 0 Å². The number of hydrogen-bond donors (Lipinski definition) is 1. The van der Waals surface area contributed by atoms with Crippen molar-refractivity contribution in [2.45, 2.75) is 59.0 Å². The van der Waals surface area contributed by atoms with Gasteiger partial charge in [-0.15, -0.1) is 11.3 Å². The third kappa shape index (κ3) is 4.05. The molecule has 1 N–H and O–H groups in total. The number of rotatable bonds is 4. The van der Waals surface area contributed by atoms with Gasteiger partial charge in [-0.1, -0.05) is 27.2 Å². The zero-order valence-corrected chi connectivity index (χ0v) is 14.9. The van der Waals surface area contributed by atoms with Crippen LogP contribution in [0.2, 0.25) is 0 Å². The smallest absolute Gasteiger partial charge is 0.0388 e. The van der Waals surface area contributed by atoms with E-state index in [4.69, 9.17) is 0 Å². The minimum Gasteiger partial charge on any atom is -0.306 e. The van der Waals surface area contributed by atoms with Gasteiger partial charge in [0.05, 0.1) is 0 Å². The van der Waals surface area contributed by atoms with Gasteiger partial charge >= 0.3 is 0 Å². The molecule has 0 saturated heterocycles. The molecule has 0 bridgehead atoms. The molecule has 1 aliphatic rings. The van der Waals surface area contributed by atoms with Crippen molar-refractivity contribution in [3.63, 3.8) is 0 Å². The SMILES string of the molecule is CC1CCC(C(C)C)C(NC(C)c2cc(Br)cs2)C1. The lowest BCUT2D eigenvalue weighted by molar-refractivity contribution is 0.161. The first-order valence-corrected chi connectivity index (χ1v) is 9.14. The summed E-state index contributed by atoms with van der Waals surface area (Å²) in [5.74, 6) is 2.49. The van der Waals surface area contributed by atoms with Crippen molar-refractivity contribution in [3.05, 3.63) is 20.8 Å². The third-order valence-corrected chi connectivity index (χ3v) is 6.38. The highest BCUT2D eigenvalue weighted by Crippen LogP contribution is 2.35. The van der Waals surface area contributed by atoms with E-state index in [9.17, 15) is 0 Å². The van der Waals surface area contributed by atoms with Gasteiger partial charge in [-0.05, 0) is 59.5 Å². The Hall–Kier alpha value is 0.140. The Labute approximate surface area is 130 Å².